The van der Waals surface area contributed by atoms with Gasteiger partial charge >= 0.3 is 0 Å². The highest BCUT2D eigenvalue weighted by Crippen LogP contribution is 2.17. The number of ether oxygens (including phenoxy) is 1. The van der Waals surface area contributed by atoms with E-state index in [4.69, 9.17) is 4.74 Å². The van der Waals surface area contributed by atoms with Crippen molar-refractivity contribution in [3.05, 3.63) is 41.7 Å². The SMILES string of the molecule is Cc1cc(C)nc(NCCCC(=O)Nc2ccc(OC(C)C)cc2)n1. The molecule has 0 radical (unpaired) electrons. The van der Waals surface area contributed by atoms with Crippen molar-refractivity contribution in [1.82, 2.24) is 9.97 Å². The Bertz CT molecular complexity index is 679. The maximum Gasteiger partial charge on any atom is 0.224 e. The number of rotatable bonds is 8. The molecular formula is C19H26N4O2. The Kier molecular flexibility index (Phi) is 6.74. The second kappa shape index (κ2) is 9.01. The lowest BCUT2D eigenvalue weighted by atomic mass is 10.2. The molecule has 25 heavy (non-hydrogen) atoms. The number of carbonyl (C=O) groups is 1. The molecule has 1 amide bonds. The van der Waals surface area contributed by atoms with Gasteiger partial charge in [-0.05, 0) is 64.4 Å². The summed E-state index contributed by atoms with van der Waals surface area (Å²) in [5.74, 6) is 1.39. The summed E-state index contributed by atoms with van der Waals surface area (Å²) in [6, 6.07) is 9.33. The first kappa shape index (κ1) is 18.7. The Hall–Kier alpha value is -2.63. The summed E-state index contributed by atoms with van der Waals surface area (Å²) in [5, 5.41) is 6.04. The number of aryl methyl sites for hydroxylation is 2. The Labute approximate surface area is 149 Å². The molecule has 0 bridgehead atoms. The Balaban J connectivity index is 1.71. The van der Waals surface area contributed by atoms with Crippen molar-refractivity contribution in [1.29, 1.82) is 0 Å². The van der Waals surface area contributed by atoms with Crippen LogP contribution in [0.1, 0.15) is 38.1 Å². The zero-order valence-electron chi connectivity index (χ0n) is 15.3. The summed E-state index contributed by atoms with van der Waals surface area (Å²) in [7, 11) is 0. The molecule has 6 nitrogen and oxygen atoms in total. The van der Waals surface area contributed by atoms with Crippen molar-refractivity contribution in [3.63, 3.8) is 0 Å². The van der Waals surface area contributed by atoms with Crippen LogP contribution < -0.4 is 15.4 Å². The molecule has 0 fully saturated rings. The van der Waals surface area contributed by atoms with E-state index in [1.54, 1.807) is 0 Å². The van der Waals surface area contributed by atoms with Crippen LogP contribution in [0.2, 0.25) is 0 Å². The molecule has 0 aliphatic carbocycles. The second-order valence-corrected chi connectivity index (χ2v) is 6.24. The lowest BCUT2D eigenvalue weighted by Gasteiger charge is -2.11. The molecule has 0 atom stereocenters. The van der Waals surface area contributed by atoms with Gasteiger partial charge in [0.2, 0.25) is 11.9 Å². The molecule has 0 aliphatic rings. The number of aromatic nitrogens is 2. The summed E-state index contributed by atoms with van der Waals surface area (Å²) in [6.45, 7) is 8.48. The molecule has 0 spiro atoms. The van der Waals surface area contributed by atoms with E-state index in [9.17, 15) is 4.79 Å². The van der Waals surface area contributed by atoms with Gasteiger partial charge in [0, 0.05) is 30.0 Å². The lowest BCUT2D eigenvalue weighted by Crippen LogP contribution is -2.14. The van der Waals surface area contributed by atoms with E-state index < -0.39 is 0 Å². The molecule has 0 saturated heterocycles. The molecule has 2 rings (SSSR count). The van der Waals surface area contributed by atoms with Crippen LogP contribution in [0.25, 0.3) is 0 Å². The van der Waals surface area contributed by atoms with Gasteiger partial charge in [-0.25, -0.2) is 9.97 Å². The Morgan fingerprint density at radius 3 is 2.36 bits per heavy atom. The summed E-state index contributed by atoms with van der Waals surface area (Å²) in [4.78, 5) is 20.6. The molecule has 0 aliphatic heterocycles. The van der Waals surface area contributed by atoms with Crippen molar-refractivity contribution in [2.24, 2.45) is 0 Å². The van der Waals surface area contributed by atoms with Crippen molar-refractivity contribution in [3.8, 4) is 5.75 Å². The molecule has 0 saturated carbocycles. The number of benzene rings is 1. The van der Waals surface area contributed by atoms with E-state index >= 15 is 0 Å². The predicted octanol–water partition coefficient (Wildman–Crippen LogP) is 3.71. The van der Waals surface area contributed by atoms with E-state index in [-0.39, 0.29) is 12.0 Å². The molecule has 0 unspecified atom stereocenters. The largest absolute Gasteiger partial charge is 0.491 e. The van der Waals surface area contributed by atoms with Crippen molar-refractivity contribution in [2.75, 3.05) is 17.2 Å². The van der Waals surface area contributed by atoms with Gasteiger partial charge in [0.15, 0.2) is 0 Å². The van der Waals surface area contributed by atoms with E-state index in [1.807, 2.05) is 58.0 Å². The highest BCUT2D eigenvalue weighted by molar-refractivity contribution is 5.90. The standard InChI is InChI=1S/C19H26N4O2/c1-13(2)25-17-9-7-16(8-10-17)23-18(24)6-5-11-20-19-21-14(3)12-15(4)22-19/h7-10,12-13H,5-6,11H2,1-4H3,(H,23,24)(H,20,21,22). The molecule has 1 aromatic carbocycles. The molecule has 1 heterocycles. The van der Waals surface area contributed by atoms with Crippen molar-refractivity contribution >= 4 is 17.5 Å². The number of nitrogens with one attached hydrogen (secondary N) is 2. The summed E-state index contributed by atoms with van der Waals surface area (Å²) >= 11 is 0. The minimum Gasteiger partial charge on any atom is -0.491 e. The number of anilines is 2. The number of nitrogens with zero attached hydrogens (tertiary/aromatic N) is 2. The molecule has 134 valence electrons. The quantitative estimate of drug-likeness (QED) is 0.715. The third kappa shape index (κ3) is 6.79. The van der Waals surface area contributed by atoms with Gasteiger partial charge < -0.3 is 15.4 Å². The minimum atomic E-state index is -0.0133. The molecule has 2 aromatic rings. The van der Waals surface area contributed by atoms with E-state index in [0.29, 0.717) is 25.3 Å². The van der Waals surface area contributed by atoms with Crippen LogP contribution in [0.4, 0.5) is 11.6 Å². The van der Waals surface area contributed by atoms with Gasteiger partial charge in [-0.1, -0.05) is 0 Å². The van der Waals surface area contributed by atoms with Crippen LogP contribution in [0.15, 0.2) is 30.3 Å². The first-order valence-corrected chi connectivity index (χ1v) is 8.55. The monoisotopic (exact) mass is 342 g/mol. The van der Waals surface area contributed by atoms with Crippen molar-refractivity contribution in [2.45, 2.75) is 46.6 Å². The summed E-state index contributed by atoms with van der Waals surface area (Å²) in [5.41, 5.74) is 2.63. The van der Waals surface area contributed by atoms with Crippen LogP contribution in [-0.2, 0) is 4.79 Å². The van der Waals surface area contributed by atoms with E-state index in [0.717, 1.165) is 22.8 Å². The summed E-state index contributed by atoms with van der Waals surface area (Å²) in [6.07, 6.45) is 1.27. The minimum absolute atomic E-state index is 0.0133. The van der Waals surface area contributed by atoms with Gasteiger partial charge in [-0.2, -0.15) is 0 Å². The molecule has 2 N–H and O–H groups in total. The maximum atomic E-state index is 12.0. The number of hydrogen-bond donors (Lipinski definition) is 2. The fourth-order valence-corrected chi connectivity index (χ4v) is 2.37. The summed E-state index contributed by atoms with van der Waals surface area (Å²) < 4.78 is 5.58. The third-order valence-corrected chi connectivity index (χ3v) is 3.36. The van der Waals surface area contributed by atoms with Crippen LogP contribution in [0.3, 0.4) is 0 Å². The first-order valence-electron chi connectivity index (χ1n) is 8.55. The average molecular weight is 342 g/mol. The van der Waals surface area contributed by atoms with Gasteiger partial charge in [-0.3, -0.25) is 4.79 Å². The van der Waals surface area contributed by atoms with Crippen LogP contribution in [0.5, 0.6) is 5.75 Å². The normalized spacial score (nSPS) is 10.6. The maximum absolute atomic E-state index is 12.0. The Morgan fingerprint density at radius 2 is 1.76 bits per heavy atom. The van der Waals surface area contributed by atoms with Gasteiger partial charge in [-0.15, -0.1) is 0 Å². The molecular weight excluding hydrogens is 316 g/mol. The number of amides is 1. The zero-order chi connectivity index (χ0) is 18.2. The lowest BCUT2D eigenvalue weighted by molar-refractivity contribution is -0.116. The first-order chi connectivity index (χ1) is 11.9. The fraction of sp³-hybridized carbons (Fsp3) is 0.421. The third-order valence-electron chi connectivity index (χ3n) is 3.36. The van der Waals surface area contributed by atoms with Gasteiger partial charge in [0.1, 0.15) is 5.75 Å². The van der Waals surface area contributed by atoms with Gasteiger partial charge in [0.05, 0.1) is 6.10 Å². The second-order valence-electron chi connectivity index (χ2n) is 6.24. The molecule has 1 aromatic heterocycles. The topological polar surface area (TPSA) is 76.1 Å². The Morgan fingerprint density at radius 1 is 1.12 bits per heavy atom. The average Bonchev–Trinajstić information content (AvgIpc) is 2.52. The van der Waals surface area contributed by atoms with Crippen molar-refractivity contribution < 1.29 is 9.53 Å². The zero-order valence-corrected chi connectivity index (χ0v) is 15.3. The number of hydrogen-bond acceptors (Lipinski definition) is 5. The fourth-order valence-electron chi connectivity index (χ4n) is 2.37. The molecule has 6 heteroatoms. The van der Waals surface area contributed by atoms with Crippen LogP contribution in [0, 0.1) is 13.8 Å². The highest BCUT2D eigenvalue weighted by atomic mass is 16.5. The van der Waals surface area contributed by atoms with Crippen LogP contribution in [-0.4, -0.2) is 28.5 Å². The smallest absolute Gasteiger partial charge is 0.224 e. The van der Waals surface area contributed by atoms with Crippen LogP contribution >= 0.6 is 0 Å². The highest BCUT2D eigenvalue weighted by Gasteiger charge is 2.04. The van der Waals surface area contributed by atoms with E-state index in [2.05, 4.69) is 20.6 Å². The van der Waals surface area contributed by atoms with E-state index in [1.165, 1.54) is 0 Å². The number of carbonyl (C=O) groups excluding carboxylic acids is 1. The predicted molar refractivity (Wildman–Crippen MR) is 100 cm³/mol. The van der Waals surface area contributed by atoms with Gasteiger partial charge in [0.25, 0.3) is 0 Å².